The first-order valence-corrected chi connectivity index (χ1v) is 8.24. The first-order valence-electron chi connectivity index (χ1n) is 8.24. The van der Waals surface area contributed by atoms with Crippen molar-refractivity contribution >= 4 is 23.8 Å². The predicted octanol–water partition coefficient (Wildman–Crippen LogP) is 0.941. The highest BCUT2D eigenvalue weighted by Crippen LogP contribution is 2.28. The number of hydrogen-bond donors (Lipinski definition) is 2. The molecule has 1 fully saturated rings. The highest BCUT2D eigenvalue weighted by Gasteiger charge is 2.49. The zero-order chi connectivity index (χ0) is 19.6. The summed E-state index contributed by atoms with van der Waals surface area (Å²) in [5.74, 6) is -2.79. The SMILES string of the molecule is Cc1ccc(C2(C)NC(=O)N(CC(=O)N(C)CC(C)C(=O)O)C2=O)cc1. The first kappa shape index (κ1) is 19.4. The molecule has 1 aromatic carbocycles. The van der Waals surface area contributed by atoms with Crippen molar-refractivity contribution in [3.05, 3.63) is 35.4 Å². The number of aryl methyl sites for hydroxylation is 1. The van der Waals surface area contributed by atoms with E-state index in [1.807, 2.05) is 19.1 Å². The van der Waals surface area contributed by atoms with Gasteiger partial charge in [0, 0.05) is 13.6 Å². The van der Waals surface area contributed by atoms with Crippen LogP contribution in [0.5, 0.6) is 0 Å². The molecule has 0 aromatic heterocycles. The number of imide groups is 1. The molecule has 26 heavy (non-hydrogen) atoms. The third-order valence-corrected chi connectivity index (χ3v) is 4.59. The zero-order valence-electron chi connectivity index (χ0n) is 15.3. The fraction of sp³-hybridized carbons (Fsp3) is 0.444. The van der Waals surface area contributed by atoms with Gasteiger partial charge in [-0.2, -0.15) is 0 Å². The molecule has 1 aliphatic heterocycles. The zero-order valence-corrected chi connectivity index (χ0v) is 15.3. The fourth-order valence-corrected chi connectivity index (χ4v) is 2.77. The maximum Gasteiger partial charge on any atom is 0.325 e. The molecule has 2 unspecified atom stereocenters. The molecular weight excluding hydrogens is 338 g/mol. The molecule has 1 aliphatic rings. The van der Waals surface area contributed by atoms with E-state index >= 15 is 0 Å². The molecule has 2 atom stereocenters. The first-order chi connectivity index (χ1) is 12.1. The van der Waals surface area contributed by atoms with Gasteiger partial charge >= 0.3 is 12.0 Å². The third kappa shape index (κ3) is 3.68. The van der Waals surface area contributed by atoms with E-state index in [9.17, 15) is 19.2 Å². The molecule has 0 spiro atoms. The van der Waals surface area contributed by atoms with E-state index in [2.05, 4.69) is 5.32 Å². The Kier molecular flexibility index (Phi) is 5.34. The summed E-state index contributed by atoms with van der Waals surface area (Å²) in [5.41, 5.74) is 0.414. The van der Waals surface area contributed by atoms with E-state index in [4.69, 9.17) is 5.11 Å². The van der Waals surface area contributed by atoms with Crippen molar-refractivity contribution in [1.29, 1.82) is 0 Å². The second-order valence-corrected chi connectivity index (χ2v) is 6.83. The van der Waals surface area contributed by atoms with Crippen LogP contribution in [0.4, 0.5) is 4.79 Å². The van der Waals surface area contributed by atoms with Crippen LogP contribution in [0.25, 0.3) is 0 Å². The number of rotatable bonds is 6. The number of benzene rings is 1. The van der Waals surface area contributed by atoms with Gasteiger partial charge in [-0.15, -0.1) is 0 Å². The van der Waals surface area contributed by atoms with E-state index < -0.39 is 41.8 Å². The summed E-state index contributed by atoms with van der Waals surface area (Å²) in [6.07, 6.45) is 0. The van der Waals surface area contributed by atoms with Crippen molar-refractivity contribution in [1.82, 2.24) is 15.1 Å². The number of carboxylic acids is 1. The van der Waals surface area contributed by atoms with Crippen LogP contribution in [0, 0.1) is 12.8 Å². The average Bonchev–Trinajstić information content (AvgIpc) is 2.79. The Hall–Kier alpha value is -2.90. The summed E-state index contributed by atoms with van der Waals surface area (Å²) >= 11 is 0. The minimum absolute atomic E-state index is 0.00690. The molecule has 0 radical (unpaired) electrons. The highest BCUT2D eigenvalue weighted by atomic mass is 16.4. The molecule has 4 amide bonds. The van der Waals surface area contributed by atoms with Gasteiger partial charge in [-0.1, -0.05) is 36.8 Å². The van der Waals surface area contributed by atoms with Crippen LogP contribution in [0.1, 0.15) is 25.0 Å². The highest BCUT2D eigenvalue weighted by molar-refractivity contribution is 6.09. The van der Waals surface area contributed by atoms with Crippen LogP contribution in [0.3, 0.4) is 0 Å². The largest absolute Gasteiger partial charge is 0.481 e. The van der Waals surface area contributed by atoms with Gasteiger partial charge in [-0.25, -0.2) is 4.79 Å². The average molecular weight is 361 g/mol. The Morgan fingerprint density at radius 2 is 1.85 bits per heavy atom. The van der Waals surface area contributed by atoms with Crippen LogP contribution in [0.2, 0.25) is 0 Å². The van der Waals surface area contributed by atoms with Gasteiger partial charge in [0.25, 0.3) is 5.91 Å². The lowest BCUT2D eigenvalue weighted by molar-refractivity contribution is -0.144. The Bertz CT molecular complexity index is 746. The van der Waals surface area contributed by atoms with Crippen LogP contribution < -0.4 is 5.32 Å². The number of carbonyl (C=O) groups is 4. The maximum absolute atomic E-state index is 12.8. The number of carbonyl (C=O) groups excluding carboxylic acids is 3. The second-order valence-electron chi connectivity index (χ2n) is 6.83. The number of aliphatic carboxylic acids is 1. The number of amides is 4. The Balaban J connectivity index is 2.12. The maximum atomic E-state index is 12.8. The summed E-state index contributed by atoms with van der Waals surface area (Å²) in [7, 11) is 1.44. The fourth-order valence-electron chi connectivity index (χ4n) is 2.77. The van der Waals surface area contributed by atoms with Crippen molar-refractivity contribution in [2.24, 2.45) is 5.92 Å². The Morgan fingerprint density at radius 3 is 2.38 bits per heavy atom. The molecule has 1 heterocycles. The molecule has 0 saturated carbocycles. The molecule has 1 aromatic rings. The second kappa shape index (κ2) is 7.15. The van der Waals surface area contributed by atoms with Crippen LogP contribution in [0.15, 0.2) is 24.3 Å². The number of urea groups is 1. The number of nitrogens with zero attached hydrogens (tertiary/aromatic N) is 2. The summed E-state index contributed by atoms with van der Waals surface area (Å²) in [6, 6.07) is 6.56. The van der Waals surface area contributed by atoms with Gasteiger partial charge < -0.3 is 15.3 Å². The number of carboxylic acid groups (broad SMARTS) is 1. The van der Waals surface area contributed by atoms with Gasteiger partial charge in [-0.05, 0) is 19.4 Å². The lowest BCUT2D eigenvalue weighted by Gasteiger charge is -2.24. The minimum atomic E-state index is -1.24. The van der Waals surface area contributed by atoms with E-state index in [0.717, 1.165) is 10.5 Å². The number of nitrogens with one attached hydrogen (secondary N) is 1. The van der Waals surface area contributed by atoms with Gasteiger partial charge in [0.1, 0.15) is 12.1 Å². The molecule has 140 valence electrons. The summed E-state index contributed by atoms with van der Waals surface area (Å²) < 4.78 is 0. The van der Waals surface area contributed by atoms with Crippen LogP contribution in [-0.4, -0.2) is 58.9 Å². The van der Waals surface area contributed by atoms with Crippen molar-refractivity contribution < 1.29 is 24.3 Å². The molecule has 2 N–H and O–H groups in total. The number of likely N-dealkylation sites (N-methyl/N-ethyl adjacent to an activating group) is 1. The van der Waals surface area contributed by atoms with Crippen molar-refractivity contribution in [3.8, 4) is 0 Å². The van der Waals surface area contributed by atoms with Gasteiger partial charge in [-0.3, -0.25) is 19.3 Å². The molecule has 1 saturated heterocycles. The normalized spacial score (nSPS) is 20.7. The summed E-state index contributed by atoms with van der Waals surface area (Å²) in [5, 5.41) is 11.6. The molecule has 8 nitrogen and oxygen atoms in total. The molecule has 0 bridgehead atoms. The lowest BCUT2D eigenvalue weighted by atomic mass is 9.91. The van der Waals surface area contributed by atoms with Gasteiger partial charge in [0.05, 0.1) is 5.92 Å². The Labute approximate surface area is 151 Å². The predicted molar refractivity (Wildman–Crippen MR) is 93.2 cm³/mol. The smallest absolute Gasteiger partial charge is 0.325 e. The van der Waals surface area contributed by atoms with E-state index in [1.165, 1.54) is 18.9 Å². The van der Waals surface area contributed by atoms with Crippen LogP contribution in [-0.2, 0) is 19.9 Å². The van der Waals surface area contributed by atoms with Gasteiger partial charge in [0.15, 0.2) is 0 Å². The monoisotopic (exact) mass is 361 g/mol. The van der Waals surface area contributed by atoms with E-state index in [-0.39, 0.29) is 6.54 Å². The topological polar surface area (TPSA) is 107 Å². The molecular formula is C18H23N3O5. The molecule has 8 heteroatoms. The van der Waals surface area contributed by atoms with E-state index in [1.54, 1.807) is 19.1 Å². The third-order valence-electron chi connectivity index (χ3n) is 4.59. The molecule has 2 rings (SSSR count). The van der Waals surface area contributed by atoms with Crippen LogP contribution >= 0.6 is 0 Å². The lowest BCUT2D eigenvalue weighted by Crippen LogP contribution is -2.44. The Morgan fingerprint density at radius 1 is 1.27 bits per heavy atom. The van der Waals surface area contributed by atoms with Crippen molar-refractivity contribution in [3.63, 3.8) is 0 Å². The van der Waals surface area contributed by atoms with Crippen molar-refractivity contribution in [2.45, 2.75) is 26.3 Å². The minimum Gasteiger partial charge on any atom is -0.481 e. The quantitative estimate of drug-likeness (QED) is 0.734. The summed E-state index contributed by atoms with van der Waals surface area (Å²) in [6.45, 7) is 4.55. The molecule has 0 aliphatic carbocycles. The van der Waals surface area contributed by atoms with Gasteiger partial charge in [0.2, 0.25) is 5.91 Å². The van der Waals surface area contributed by atoms with E-state index in [0.29, 0.717) is 5.56 Å². The standard InChI is InChI=1S/C18H23N3O5/c1-11-5-7-13(8-6-11)18(3)16(25)21(17(26)19-18)10-14(22)20(4)9-12(2)15(23)24/h5-8,12H,9-10H2,1-4H3,(H,19,26)(H,23,24). The summed E-state index contributed by atoms with van der Waals surface area (Å²) in [4.78, 5) is 50.3. The number of hydrogen-bond acceptors (Lipinski definition) is 4. The van der Waals surface area contributed by atoms with Crippen molar-refractivity contribution in [2.75, 3.05) is 20.1 Å².